The highest BCUT2D eigenvalue weighted by atomic mass is 35.5. The summed E-state index contributed by atoms with van der Waals surface area (Å²) in [4.78, 5) is 18.0. The van der Waals surface area contributed by atoms with Crippen LogP contribution in [0.1, 0.15) is 17.2 Å². The van der Waals surface area contributed by atoms with E-state index < -0.39 is 6.04 Å². The summed E-state index contributed by atoms with van der Waals surface area (Å²) >= 11 is 6.56. The molecular formula is C22H17ClN4O2. The van der Waals surface area contributed by atoms with E-state index in [2.05, 4.69) is 10.0 Å². The number of azide groups is 1. The molecule has 0 saturated heterocycles. The second kappa shape index (κ2) is 7.87. The number of ether oxygens (including phenoxy) is 1. The number of halogens is 1. The molecule has 0 N–H and O–H groups in total. The van der Waals surface area contributed by atoms with Crippen LogP contribution in [0.5, 0.6) is 5.75 Å². The lowest BCUT2D eigenvalue weighted by Crippen LogP contribution is -2.33. The topological polar surface area (TPSA) is 78.3 Å². The number of hydrogen-bond donors (Lipinski definition) is 0. The second-order valence-electron chi connectivity index (χ2n) is 6.60. The van der Waals surface area contributed by atoms with Gasteiger partial charge < -0.3 is 9.64 Å². The van der Waals surface area contributed by atoms with Gasteiger partial charge in [-0.2, -0.15) is 0 Å². The summed E-state index contributed by atoms with van der Waals surface area (Å²) < 4.78 is 5.21. The number of amides is 1. The maximum Gasteiger partial charge on any atom is 0.240 e. The van der Waals surface area contributed by atoms with Gasteiger partial charge in [-0.3, -0.25) is 4.79 Å². The summed E-state index contributed by atoms with van der Waals surface area (Å²) in [5.41, 5.74) is 12.9. The Hall–Kier alpha value is -3.47. The van der Waals surface area contributed by atoms with Gasteiger partial charge in [0, 0.05) is 10.5 Å². The summed E-state index contributed by atoms with van der Waals surface area (Å²) in [6, 6.07) is 19.5. The predicted octanol–water partition coefficient (Wildman–Crippen LogP) is 5.91. The van der Waals surface area contributed by atoms with Crippen molar-refractivity contribution >= 4 is 23.2 Å². The van der Waals surface area contributed by atoms with Gasteiger partial charge in [-0.05, 0) is 40.4 Å². The van der Waals surface area contributed by atoms with Crippen LogP contribution >= 0.6 is 11.6 Å². The second-order valence-corrected chi connectivity index (χ2v) is 7.01. The molecule has 0 aliphatic carbocycles. The van der Waals surface area contributed by atoms with Gasteiger partial charge in [-0.1, -0.05) is 65.2 Å². The molecule has 6 nitrogen and oxygen atoms in total. The maximum absolute atomic E-state index is 13.5. The van der Waals surface area contributed by atoms with Crippen LogP contribution in [-0.4, -0.2) is 13.0 Å². The van der Waals surface area contributed by atoms with Gasteiger partial charge in [0.15, 0.2) is 0 Å². The van der Waals surface area contributed by atoms with Crippen molar-refractivity contribution in [2.24, 2.45) is 5.11 Å². The van der Waals surface area contributed by atoms with Crippen LogP contribution in [-0.2, 0) is 11.3 Å². The number of anilines is 1. The van der Waals surface area contributed by atoms with E-state index in [0.29, 0.717) is 16.3 Å². The van der Waals surface area contributed by atoms with Crippen molar-refractivity contribution in [1.82, 2.24) is 0 Å². The fourth-order valence-electron chi connectivity index (χ4n) is 3.61. The Morgan fingerprint density at radius 3 is 2.52 bits per heavy atom. The third kappa shape index (κ3) is 3.40. The Kier molecular flexibility index (Phi) is 5.12. The lowest BCUT2D eigenvalue weighted by Gasteiger charge is -2.26. The number of fused-ring (bicyclic) bond motifs is 3. The molecule has 7 heteroatoms. The van der Waals surface area contributed by atoms with E-state index >= 15 is 0 Å². The van der Waals surface area contributed by atoms with Crippen LogP contribution in [0.2, 0.25) is 5.02 Å². The largest absolute Gasteiger partial charge is 0.497 e. The average Bonchev–Trinajstić information content (AvgIpc) is 2.85. The van der Waals surface area contributed by atoms with Crippen molar-refractivity contribution in [3.63, 3.8) is 0 Å². The molecule has 0 fully saturated rings. The highest BCUT2D eigenvalue weighted by Gasteiger charge is 2.34. The Morgan fingerprint density at radius 1 is 1.07 bits per heavy atom. The van der Waals surface area contributed by atoms with Gasteiger partial charge in [0.2, 0.25) is 5.91 Å². The fourth-order valence-corrected chi connectivity index (χ4v) is 3.89. The molecule has 1 heterocycles. The van der Waals surface area contributed by atoms with E-state index in [-0.39, 0.29) is 12.5 Å². The van der Waals surface area contributed by atoms with E-state index in [1.807, 2.05) is 60.7 Å². The third-order valence-electron chi connectivity index (χ3n) is 4.97. The first kappa shape index (κ1) is 18.9. The van der Waals surface area contributed by atoms with E-state index in [9.17, 15) is 4.79 Å². The molecule has 3 aromatic rings. The van der Waals surface area contributed by atoms with Crippen molar-refractivity contribution in [3.8, 4) is 16.9 Å². The van der Waals surface area contributed by atoms with Crippen LogP contribution in [0.15, 0.2) is 71.8 Å². The summed E-state index contributed by atoms with van der Waals surface area (Å²) in [6.45, 7) is 0.283. The zero-order valence-corrected chi connectivity index (χ0v) is 16.4. The summed E-state index contributed by atoms with van der Waals surface area (Å²) in [5, 5.41) is 4.28. The molecular weight excluding hydrogens is 388 g/mol. The number of benzene rings is 3. The highest BCUT2D eigenvalue weighted by molar-refractivity contribution is 6.35. The minimum Gasteiger partial charge on any atom is -0.497 e. The average molecular weight is 405 g/mol. The number of carbonyl (C=O) groups is 1. The maximum atomic E-state index is 13.5. The van der Waals surface area contributed by atoms with Crippen molar-refractivity contribution in [1.29, 1.82) is 0 Å². The molecule has 1 aliphatic rings. The van der Waals surface area contributed by atoms with Crippen LogP contribution in [0, 0.1) is 0 Å². The normalized spacial score (nSPS) is 15.0. The minimum absolute atomic E-state index is 0.283. The molecule has 29 heavy (non-hydrogen) atoms. The van der Waals surface area contributed by atoms with Crippen molar-refractivity contribution in [3.05, 3.63) is 93.3 Å². The number of methoxy groups -OCH3 is 1. The molecule has 0 aromatic heterocycles. The first-order valence-corrected chi connectivity index (χ1v) is 9.38. The fraction of sp³-hybridized carbons (Fsp3) is 0.136. The van der Waals surface area contributed by atoms with Gasteiger partial charge in [-0.25, -0.2) is 0 Å². The quantitative estimate of drug-likeness (QED) is 0.307. The van der Waals surface area contributed by atoms with Crippen molar-refractivity contribution in [2.75, 3.05) is 12.0 Å². The van der Waals surface area contributed by atoms with E-state index in [4.69, 9.17) is 21.9 Å². The molecule has 1 unspecified atom stereocenters. The first-order chi connectivity index (χ1) is 14.1. The Morgan fingerprint density at radius 2 is 1.79 bits per heavy atom. The molecule has 3 aromatic carbocycles. The SMILES string of the molecule is COc1ccc(CN2C(=O)C(N=[N+]=[N-])c3ccccc3-c3cccc(Cl)c32)cc1. The summed E-state index contributed by atoms with van der Waals surface area (Å²) in [5.74, 6) is 0.409. The number of para-hydroxylation sites is 1. The van der Waals surface area contributed by atoms with Gasteiger partial charge in [0.05, 0.1) is 24.4 Å². The van der Waals surface area contributed by atoms with Crippen LogP contribution in [0.25, 0.3) is 21.6 Å². The molecule has 4 rings (SSSR count). The molecule has 1 atom stereocenters. The smallest absolute Gasteiger partial charge is 0.240 e. The van der Waals surface area contributed by atoms with Crippen LogP contribution in [0.3, 0.4) is 0 Å². The number of rotatable bonds is 4. The highest BCUT2D eigenvalue weighted by Crippen LogP contribution is 2.45. The zero-order chi connectivity index (χ0) is 20.4. The Bertz CT molecular complexity index is 1120. The molecule has 0 radical (unpaired) electrons. The number of nitrogens with zero attached hydrogens (tertiary/aromatic N) is 4. The van der Waals surface area contributed by atoms with Crippen molar-refractivity contribution in [2.45, 2.75) is 12.6 Å². The van der Waals surface area contributed by atoms with Crippen LogP contribution < -0.4 is 9.64 Å². The zero-order valence-electron chi connectivity index (χ0n) is 15.6. The minimum atomic E-state index is -0.974. The lowest BCUT2D eigenvalue weighted by molar-refractivity contribution is -0.120. The lowest BCUT2D eigenvalue weighted by atomic mass is 9.96. The molecule has 0 bridgehead atoms. The van der Waals surface area contributed by atoms with E-state index in [1.54, 1.807) is 18.1 Å². The number of carbonyl (C=O) groups excluding carboxylic acids is 1. The Labute approximate surface area is 172 Å². The van der Waals surface area contributed by atoms with Gasteiger partial charge in [-0.15, -0.1) is 0 Å². The van der Waals surface area contributed by atoms with Crippen molar-refractivity contribution < 1.29 is 9.53 Å². The van der Waals surface area contributed by atoms with Crippen LogP contribution in [0.4, 0.5) is 5.69 Å². The molecule has 1 aliphatic heterocycles. The van der Waals surface area contributed by atoms with Gasteiger partial charge >= 0.3 is 0 Å². The van der Waals surface area contributed by atoms with Gasteiger partial charge in [0.25, 0.3) is 0 Å². The summed E-state index contributed by atoms with van der Waals surface area (Å²) in [6.07, 6.45) is 0. The van der Waals surface area contributed by atoms with Gasteiger partial charge in [0.1, 0.15) is 11.8 Å². The Balaban J connectivity index is 1.90. The predicted molar refractivity (Wildman–Crippen MR) is 113 cm³/mol. The molecule has 1 amide bonds. The number of hydrogen-bond acceptors (Lipinski definition) is 3. The molecule has 0 spiro atoms. The summed E-state index contributed by atoms with van der Waals surface area (Å²) in [7, 11) is 1.60. The monoisotopic (exact) mass is 404 g/mol. The van der Waals surface area contributed by atoms with E-state index in [1.165, 1.54) is 0 Å². The standard InChI is InChI=1S/C22H17ClN4O2/c1-29-15-11-9-14(10-12-15)13-27-21-18(7-4-8-19(21)23)16-5-2-3-6-17(16)20(22(27)28)25-26-24/h2-12,20H,13H2,1H3. The van der Waals surface area contributed by atoms with E-state index in [0.717, 1.165) is 22.4 Å². The molecule has 0 saturated carbocycles. The first-order valence-electron chi connectivity index (χ1n) is 9.00. The molecule has 144 valence electrons. The third-order valence-corrected chi connectivity index (χ3v) is 5.27.